The SMILES string of the molecule is ClCc1ccc(OCCOCCOCCOCCOc2cccc3c(OCCOCCOCCOCCOc4cccc5c(OCCOCCOCCOCCOc6ccc(CCl)cc6)cccc45)cccc23)cc1. The first-order chi connectivity index (χ1) is 37.2. The van der Waals surface area contributed by atoms with Gasteiger partial charge in [0, 0.05) is 33.3 Å². The van der Waals surface area contributed by atoms with Gasteiger partial charge in [0.15, 0.2) is 0 Å². The van der Waals surface area contributed by atoms with Crippen molar-refractivity contribution in [1.82, 2.24) is 0 Å². The molecule has 0 amide bonds. The van der Waals surface area contributed by atoms with Crippen molar-refractivity contribution in [2.24, 2.45) is 0 Å². The lowest BCUT2D eigenvalue weighted by molar-refractivity contribution is 0.00500. The molecule has 6 rings (SSSR count). The van der Waals surface area contributed by atoms with Crippen LogP contribution >= 0.6 is 23.2 Å². The van der Waals surface area contributed by atoms with Gasteiger partial charge in [0.2, 0.25) is 0 Å². The molecule has 0 spiro atoms. The quantitative estimate of drug-likeness (QED) is 0.0265. The number of hydrogen-bond donors (Lipinski definition) is 0. The molecule has 0 radical (unpaired) electrons. The number of benzene rings is 6. The second kappa shape index (κ2) is 37.6. The number of alkyl halides is 2. The van der Waals surface area contributed by atoms with Gasteiger partial charge in [-0.15, -0.1) is 23.2 Å². The highest BCUT2D eigenvalue weighted by Crippen LogP contribution is 2.33. The molecule has 0 aliphatic heterocycles. The molecule has 0 aromatic heterocycles. The molecule has 75 heavy (non-hydrogen) atoms. The van der Waals surface area contributed by atoms with E-state index in [1.807, 2.05) is 121 Å². The highest BCUT2D eigenvalue weighted by molar-refractivity contribution is 6.17. The van der Waals surface area contributed by atoms with Gasteiger partial charge in [-0.1, -0.05) is 72.8 Å². The topological polar surface area (TPSA) is 138 Å². The van der Waals surface area contributed by atoms with E-state index in [4.69, 9.17) is 94.3 Å². The van der Waals surface area contributed by atoms with E-state index in [1.165, 1.54) is 0 Å². The lowest BCUT2D eigenvalue weighted by atomic mass is 10.1. The van der Waals surface area contributed by atoms with Crippen LogP contribution in [0.3, 0.4) is 0 Å². The maximum atomic E-state index is 6.09. The monoisotopic (exact) mass is 1080 g/mol. The van der Waals surface area contributed by atoms with Gasteiger partial charge < -0.3 is 71.1 Å². The Hall–Kier alpha value is -5.14. The molecule has 6 aromatic rings. The summed E-state index contributed by atoms with van der Waals surface area (Å²) < 4.78 is 86.6. The zero-order chi connectivity index (χ0) is 52.1. The third-order valence-electron chi connectivity index (χ3n) is 11.0. The highest BCUT2D eigenvalue weighted by Gasteiger charge is 2.10. The molecule has 15 nitrogen and oxygen atoms in total. The van der Waals surface area contributed by atoms with E-state index in [0.29, 0.717) is 170 Å². The van der Waals surface area contributed by atoms with Gasteiger partial charge in [-0.25, -0.2) is 0 Å². The Morgan fingerprint density at radius 1 is 0.213 bits per heavy atom. The number of ether oxygens (including phenoxy) is 15. The van der Waals surface area contributed by atoms with E-state index in [0.717, 1.165) is 67.2 Å². The molecule has 0 atom stereocenters. The summed E-state index contributed by atoms with van der Waals surface area (Å²) in [6.07, 6.45) is 0. The van der Waals surface area contributed by atoms with Crippen LogP contribution in [0.5, 0.6) is 34.5 Å². The number of fused-ring (bicyclic) bond motifs is 2. The molecule has 0 bridgehead atoms. The molecule has 0 aliphatic carbocycles. The predicted molar refractivity (Wildman–Crippen MR) is 290 cm³/mol. The third-order valence-corrected chi connectivity index (χ3v) is 11.6. The average Bonchev–Trinajstić information content (AvgIpc) is 3.45. The smallest absolute Gasteiger partial charge is 0.127 e. The van der Waals surface area contributed by atoms with Crippen LogP contribution in [0.1, 0.15) is 11.1 Å². The van der Waals surface area contributed by atoms with Crippen molar-refractivity contribution in [2.75, 3.05) is 159 Å². The zero-order valence-electron chi connectivity index (χ0n) is 42.8. The predicted octanol–water partition coefficient (Wildman–Crippen LogP) is 9.99. The first-order valence-corrected chi connectivity index (χ1v) is 26.6. The first-order valence-electron chi connectivity index (χ1n) is 25.5. The summed E-state index contributed by atoms with van der Waals surface area (Å²) >= 11 is 11.6. The molecular formula is C58H72Cl2O15. The van der Waals surface area contributed by atoms with E-state index in [2.05, 4.69) is 0 Å². The Balaban J connectivity index is 0.710. The second-order valence-electron chi connectivity index (χ2n) is 16.4. The third kappa shape index (κ3) is 23.3. The van der Waals surface area contributed by atoms with Crippen LogP contribution in [0.15, 0.2) is 121 Å². The summed E-state index contributed by atoms with van der Waals surface area (Å²) in [7, 11) is 0. The van der Waals surface area contributed by atoms with Gasteiger partial charge in [-0.2, -0.15) is 0 Å². The zero-order valence-corrected chi connectivity index (χ0v) is 44.3. The summed E-state index contributed by atoms with van der Waals surface area (Å²) in [6.45, 7) is 10.8. The van der Waals surface area contributed by atoms with Crippen LogP contribution in [-0.4, -0.2) is 159 Å². The standard InChI is InChI=1S/C58H72Cl2O15/c59-45-47-13-17-49(18-14-47)70-39-33-64-27-21-61-23-29-66-35-41-72-55-9-1-7-53-51(55)5-3-11-57(53)74-43-37-68-31-25-63-26-32-69-38-44-75-58-12-4-6-52-54(58)8-2-10-56(52)73-42-36-67-30-24-62-22-28-65-34-40-71-50-19-15-48(46-60)16-20-50/h1-20H,21-46H2. The Labute approximate surface area is 451 Å². The second-order valence-corrected chi connectivity index (χ2v) is 16.9. The van der Waals surface area contributed by atoms with E-state index >= 15 is 0 Å². The largest absolute Gasteiger partial charge is 0.491 e. The fraction of sp³-hybridized carbons (Fsp3) is 0.448. The maximum absolute atomic E-state index is 6.09. The highest BCUT2D eigenvalue weighted by atomic mass is 35.5. The van der Waals surface area contributed by atoms with Crippen LogP contribution in [-0.2, 0) is 54.4 Å². The molecule has 0 fully saturated rings. The van der Waals surface area contributed by atoms with Gasteiger partial charge in [0.05, 0.1) is 119 Å². The Morgan fingerprint density at radius 3 is 0.627 bits per heavy atom. The molecule has 0 saturated carbocycles. The van der Waals surface area contributed by atoms with Crippen molar-refractivity contribution in [3.05, 3.63) is 132 Å². The minimum atomic E-state index is 0.398. The average molecular weight is 1080 g/mol. The molecular weight excluding hydrogens is 1010 g/mol. The number of rotatable bonds is 44. The minimum Gasteiger partial charge on any atom is -0.491 e. The summed E-state index contributed by atoms with van der Waals surface area (Å²) in [4.78, 5) is 0. The van der Waals surface area contributed by atoms with Gasteiger partial charge in [-0.05, 0) is 59.7 Å². The van der Waals surface area contributed by atoms with Crippen molar-refractivity contribution in [3.63, 3.8) is 0 Å². The molecule has 408 valence electrons. The normalized spacial score (nSPS) is 11.3. The molecule has 0 saturated heterocycles. The summed E-state index contributed by atoms with van der Waals surface area (Å²) in [6, 6.07) is 39.1. The van der Waals surface area contributed by atoms with Gasteiger partial charge in [0.25, 0.3) is 0 Å². The molecule has 17 heteroatoms. The van der Waals surface area contributed by atoms with Gasteiger partial charge in [0.1, 0.15) is 74.1 Å². The van der Waals surface area contributed by atoms with E-state index in [1.54, 1.807) is 0 Å². The van der Waals surface area contributed by atoms with Crippen molar-refractivity contribution < 1.29 is 71.1 Å². The minimum absolute atomic E-state index is 0.398. The molecule has 6 aromatic carbocycles. The van der Waals surface area contributed by atoms with Gasteiger partial charge >= 0.3 is 0 Å². The number of halogens is 2. The van der Waals surface area contributed by atoms with Crippen molar-refractivity contribution in [3.8, 4) is 34.5 Å². The van der Waals surface area contributed by atoms with E-state index < -0.39 is 0 Å². The lowest BCUT2D eigenvalue weighted by Crippen LogP contribution is -2.14. The Kier molecular flexibility index (Phi) is 29.6. The maximum Gasteiger partial charge on any atom is 0.127 e. The van der Waals surface area contributed by atoms with Gasteiger partial charge in [-0.3, -0.25) is 0 Å². The van der Waals surface area contributed by atoms with E-state index in [9.17, 15) is 0 Å². The Morgan fingerprint density at radius 2 is 0.413 bits per heavy atom. The van der Waals surface area contributed by atoms with Crippen LogP contribution in [0.2, 0.25) is 0 Å². The fourth-order valence-corrected chi connectivity index (χ4v) is 7.62. The molecule has 0 aliphatic rings. The van der Waals surface area contributed by atoms with Crippen molar-refractivity contribution in [2.45, 2.75) is 11.8 Å². The van der Waals surface area contributed by atoms with Crippen LogP contribution < -0.4 is 28.4 Å². The molecule has 0 N–H and O–H groups in total. The van der Waals surface area contributed by atoms with Crippen LogP contribution in [0.25, 0.3) is 21.5 Å². The summed E-state index contributed by atoms with van der Waals surface area (Å²) in [5, 5.41) is 3.85. The summed E-state index contributed by atoms with van der Waals surface area (Å²) in [5.41, 5.74) is 2.11. The van der Waals surface area contributed by atoms with E-state index in [-0.39, 0.29) is 0 Å². The Bertz CT molecular complexity index is 2240. The van der Waals surface area contributed by atoms with Crippen LogP contribution in [0.4, 0.5) is 0 Å². The molecule has 0 heterocycles. The van der Waals surface area contributed by atoms with Crippen molar-refractivity contribution in [1.29, 1.82) is 0 Å². The van der Waals surface area contributed by atoms with Crippen LogP contribution in [0, 0.1) is 0 Å². The fourth-order valence-electron chi connectivity index (χ4n) is 7.26. The first kappa shape index (κ1) is 59.1. The lowest BCUT2D eigenvalue weighted by Gasteiger charge is -2.13. The van der Waals surface area contributed by atoms with Crippen molar-refractivity contribution >= 4 is 44.7 Å². The summed E-state index contributed by atoms with van der Waals surface area (Å²) in [5.74, 6) is 5.62. The molecule has 0 unspecified atom stereocenters. The number of hydrogen-bond acceptors (Lipinski definition) is 15.